The first kappa shape index (κ1) is 13.4. The molecular weight excluding hydrogens is 317 g/mol. The smallest absolute Gasteiger partial charge is 0.336 e. The monoisotopic (exact) mass is 323 g/mol. The molecule has 3 rings (SSSR count). The van der Waals surface area contributed by atoms with Crippen LogP contribution in [0.15, 0.2) is 35.7 Å². The number of carboxylic acid groups (broad SMARTS) is 1. The maximum absolute atomic E-state index is 11.4. The lowest BCUT2D eigenvalue weighted by Crippen LogP contribution is -2.00. The molecular formula is C14H7Cl2NO2S. The lowest BCUT2D eigenvalue weighted by molar-refractivity contribution is 0.0699. The number of rotatable bonds is 2. The molecule has 0 radical (unpaired) electrons. The molecule has 0 atom stereocenters. The van der Waals surface area contributed by atoms with Crippen LogP contribution in [0.3, 0.4) is 0 Å². The van der Waals surface area contributed by atoms with Crippen molar-refractivity contribution in [3.8, 4) is 10.6 Å². The van der Waals surface area contributed by atoms with Gasteiger partial charge in [-0.15, -0.1) is 11.3 Å². The highest BCUT2D eigenvalue weighted by Crippen LogP contribution is 2.34. The number of benzene rings is 1. The molecule has 1 aromatic carbocycles. The fourth-order valence-electron chi connectivity index (χ4n) is 1.96. The van der Waals surface area contributed by atoms with Crippen molar-refractivity contribution in [1.82, 2.24) is 4.98 Å². The zero-order chi connectivity index (χ0) is 14.3. The van der Waals surface area contributed by atoms with Gasteiger partial charge in [-0.3, -0.25) is 0 Å². The molecule has 2 aromatic heterocycles. The zero-order valence-corrected chi connectivity index (χ0v) is 12.3. The summed E-state index contributed by atoms with van der Waals surface area (Å²) in [5.74, 6) is -1.02. The van der Waals surface area contributed by atoms with Gasteiger partial charge in [-0.05, 0) is 23.6 Å². The molecule has 0 unspecified atom stereocenters. The Hall–Kier alpha value is -1.62. The molecule has 1 N–H and O–H groups in total. The number of halogens is 2. The van der Waals surface area contributed by atoms with Gasteiger partial charge in [-0.25, -0.2) is 9.78 Å². The van der Waals surface area contributed by atoms with Crippen LogP contribution in [0, 0.1) is 0 Å². The lowest BCUT2D eigenvalue weighted by Gasteiger charge is -2.08. The Balaban J connectivity index is 2.41. The first-order valence-electron chi connectivity index (χ1n) is 5.64. The van der Waals surface area contributed by atoms with Crippen molar-refractivity contribution < 1.29 is 9.90 Å². The SMILES string of the molecule is O=C(O)c1cc(-c2cccs2)nc2c(Cl)c(Cl)ccc12. The third kappa shape index (κ3) is 2.16. The molecule has 0 spiro atoms. The van der Waals surface area contributed by atoms with Gasteiger partial charge in [0.1, 0.15) is 0 Å². The number of fused-ring (bicyclic) bond motifs is 1. The number of aromatic nitrogens is 1. The van der Waals surface area contributed by atoms with E-state index >= 15 is 0 Å². The third-order valence-electron chi connectivity index (χ3n) is 2.88. The van der Waals surface area contributed by atoms with Crippen LogP contribution in [0.25, 0.3) is 21.5 Å². The van der Waals surface area contributed by atoms with E-state index in [0.29, 0.717) is 21.6 Å². The minimum atomic E-state index is -1.02. The molecule has 6 heteroatoms. The largest absolute Gasteiger partial charge is 0.478 e. The summed E-state index contributed by atoms with van der Waals surface area (Å²) in [6, 6.07) is 8.51. The second kappa shape index (κ2) is 5.05. The number of nitrogens with zero attached hydrogens (tertiary/aromatic N) is 1. The van der Waals surface area contributed by atoms with Crippen LogP contribution in [-0.4, -0.2) is 16.1 Å². The predicted octanol–water partition coefficient (Wildman–Crippen LogP) is 4.97. The Bertz CT molecular complexity index is 816. The first-order chi connectivity index (χ1) is 9.58. The molecule has 0 fully saturated rings. The summed E-state index contributed by atoms with van der Waals surface area (Å²) in [5.41, 5.74) is 1.15. The van der Waals surface area contributed by atoms with Crippen molar-refractivity contribution in [2.75, 3.05) is 0 Å². The molecule has 0 amide bonds. The molecule has 0 aliphatic carbocycles. The van der Waals surface area contributed by atoms with Crippen molar-refractivity contribution in [3.63, 3.8) is 0 Å². The average Bonchev–Trinajstić information content (AvgIpc) is 2.96. The van der Waals surface area contributed by atoms with Crippen LogP contribution in [0.4, 0.5) is 0 Å². The standard InChI is InChI=1S/C14H7Cl2NO2S/c15-9-4-3-7-8(14(18)19)6-10(11-2-1-5-20-11)17-13(7)12(9)16/h1-6H,(H,18,19). The molecule has 20 heavy (non-hydrogen) atoms. The van der Waals surface area contributed by atoms with Gasteiger partial charge in [0.05, 0.1) is 31.7 Å². The molecule has 100 valence electrons. The molecule has 0 aliphatic rings. The number of hydrogen-bond donors (Lipinski definition) is 1. The highest BCUT2D eigenvalue weighted by atomic mass is 35.5. The molecule has 0 bridgehead atoms. The van der Waals surface area contributed by atoms with Gasteiger partial charge >= 0.3 is 5.97 Å². The van der Waals surface area contributed by atoms with Gasteiger partial charge in [-0.2, -0.15) is 0 Å². The first-order valence-corrected chi connectivity index (χ1v) is 7.27. The summed E-state index contributed by atoms with van der Waals surface area (Å²) < 4.78 is 0. The van der Waals surface area contributed by atoms with E-state index < -0.39 is 5.97 Å². The Morgan fingerprint density at radius 3 is 2.70 bits per heavy atom. The fourth-order valence-corrected chi connectivity index (χ4v) is 3.01. The molecule has 2 heterocycles. The van der Waals surface area contributed by atoms with Crippen molar-refractivity contribution in [2.24, 2.45) is 0 Å². The van der Waals surface area contributed by atoms with Crippen molar-refractivity contribution >= 4 is 51.4 Å². The normalized spacial score (nSPS) is 10.9. The topological polar surface area (TPSA) is 50.2 Å². The van der Waals surface area contributed by atoms with Crippen molar-refractivity contribution in [2.45, 2.75) is 0 Å². The van der Waals surface area contributed by atoms with Gasteiger partial charge in [0.25, 0.3) is 0 Å². The van der Waals surface area contributed by atoms with Crippen molar-refractivity contribution in [3.05, 3.63) is 51.3 Å². The summed E-state index contributed by atoms with van der Waals surface area (Å²) in [4.78, 5) is 16.8. The van der Waals surface area contributed by atoms with Crippen LogP contribution in [0.5, 0.6) is 0 Å². The van der Waals surface area contributed by atoms with E-state index in [1.165, 1.54) is 11.3 Å². The third-order valence-corrected chi connectivity index (χ3v) is 4.56. The number of thiophene rings is 1. The summed E-state index contributed by atoms with van der Waals surface area (Å²) in [5, 5.41) is 12.4. The van der Waals surface area contributed by atoms with Crippen LogP contribution in [0.1, 0.15) is 10.4 Å². The van der Waals surface area contributed by atoms with Gasteiger partial charge in [0, 0.05) is 5.39 Å². The van der Waals surface area contributed by atoms with Crippen LogP contribution < -0.4 is 0 Å². The van der Waals surface area contributed by atoms with Gasteiger partial charge in [-0.1, -0.05) is 35.3 Å². The minimum Gasteiger partial charge on any atom is -0.478 e. The maximum atomic E-state index is 11.4. The highest BCUT2D eigenvalue weighted by Gasteiger charge is 2.16. The fraction of sp³-hybridized carbons (Fsp3) is 0. The molecule has 3 nitrogen and oxygen atoms in total. The van der Waals surface area contributed by atoms with E-state index in [2.05, 4.69) is 4.98 Å². The number of hydrogen-bond acceptors (Lipinski definition) is 3. The second-order valence-corrected chi connectivity index (χ2v) is 5.83. The minimum absolute atomic E-state index is 0.164. The van der Waals surface area contributed by atoms with E-state index in [1.807, 2.05) is 17.5 Å². The van der Waals surface area contributed by atoms with Gasteiger partial charge < -0.3 is 5.11 Å². The van der Waals surface area contributed by atoms with Crippen LogP contribution in [-0.2, 0) is 0 Å². The summed E-state index contributed by atoms with van der Waals surface area (Å²) in [6.07, 6.45) is 0. The van der Waals surface area contributed by atoms with Crippen LogP contribution >= 0.6 is 34.5 Å². The van der Waals surface area contributed by atoms with E-state index in [0.717, 1.165) is 4.88 Å². The number of carbonyl (C=O) groups is 1. The Morgan fingerprint density at radius 2 is 2.05 bits per heavy atom. The molecule has 3 aromatic rings. The highest BCUT2D eigenvalue weighted by molar-refractivity contribution is 7.13. The lowest BCUT2D eigenvalue weighted by atomic mass is 10.1. The number of aromatic carboxylic acids is 1. The number of pyridine rings is 1. The van der Waals surface area contributed by atoms with E-state index in [1.54, 1.807) is 18.2 Å². The zero-order valence-electron chi connectivity index (χ0n) is 9.93. The van der Waals surface area contributed by atoms with E-state index in [9.17, 15) is 9.90 Å². The summed E-state index contributed by atoms with van der Waals surface area (Å²) in [7, 11) is 0. The van der Waals surface area contributed by atoms with Crippen LogP contribution in [0.2, 0.25) is 10.0 Å². The summed E-state index contributed by atoms with van der Waals surface area (Å²) >= 11 is 13.6. The number of carboxylic acids is 1. The Morgan fingerprint density at radius 1 is 1.25 bits per heavy atom. The van der Waals surface area contributed by atoms with Gasteiger partial charge in [0.15, 0.2) is 0 Å². The van der Waals surface area contributed by atoms with Crippen molar-refractivity contribution in [1.29, 1.82) is 0 Å². The molecule has 0 saturated carbocycles. The predicted molar refractivity (Wildman–Crippen MR) is 82.0 cm³/mol. The van der Waals surface area contributed by atoms with E-state index in [4.69, 9.17) is 23.2 Å². The van der Waals surface area contributed by atoms with Gasteiger partial charge in [0.2, 0.25) is 0 Å². The average molecular weight is 324 g/mol. The second-order valence-electron chi connectivity index (χ2n) is 4.10. The maximum Gasteiger partial charge on any atom is 0.336 e. The quantitative estimate of drug-likeness (QED) is 0.724. The van der Waals surface area contributed by atoms with E-state index in [-0.39, 0.29) is 10.6 Å². The summed E-state index contributed by atoms with van der Waals surface area (Å²) in [6.45, 7) is 0. The Kier molecular flexibility index (Phi) is 3.38. The Labute approximate surface area is 128 Å². The molecule has 0 saturated heterocycles. The molecule has 0 aliphatic heterocycles.